The van der Waals surface area contributed by atoms with Crippen LogP contribution in [0.4, 0.5) is 4.39 Å². The third-order valence-corrected chi connectivity index (χ3v) is 7.75. The normalized spacial score (nSPS) is 52.5. The number of hydrogen-bond acceptors (Lipinski definition) is 3. The van der Waals surface area contributed by atoms with Crippen molar-refractivity contribution in [3.8, 4) is 0 Å². The van der Waals surface area contributed by atoms with Gasteiger partial charge in [0.1, 0.15) is 11.5 Å². The molecule has 0 saturated heterocycles. The van der Waals surface area contributed by atoms with Gasteiger partial charge in [-0.05, 0) is 44.1 Å². The Balaban J connectivity index is 1.83. The molecule has 0 bridgehead atoms. The fourth-order valence-corrected chi connectivity index (χ4v) is 6.34. The second kappa shape index (κ2) is 4.53. The van der Waals surface area contributed by atoms with Crippen LogP contribution in [0.3, 0.4) is 0 Å². The van der Waals surface area contributed by atoms with E-state index in [4.69, 9.17) is 0 Å². The first-order chi connectivity index (χ1) is 10.7. The van der Waals surface area contributed by atoms with Crippen LogP contribution in [0.2, 0.25) is 0 Å². The Bertz CT molecular complexity index is 626. The fraction of sp³-hybridized carbons (Fsp3) is 0.789. The number of fused-ring (bicyclic) bond motifs is 5. The van der Waals surface area contributed by atoms with Crippen LogP contribution in [0.25, 0.3) is 0 Å². The van der Waals surface area contributed by atoms with Gasteiger partial charge in [-0.25, -0.2) is 4.39 Å². The number of hydrogen-bond donors (Lipinski definition) is 1. The van der Waals surface area contributed by atoms with Crippen molar-refractivity contribution in [3.05, 3.63) is 11.6 Å². The number of ketones is 2. The second-order valence-electron chi connectivity index (χ2n) is 8.59. The molecular formula is C19H25FO3. The molecule has 0 spiro atoms. The fourth-order valence-electron chi connectivity index (χ4n) is 6.34. The predicted octanol–water partition coefficient (Wildman–Crippen LogP) is 3.15. The highest BCUT2D eigenvalue weighted by Crippen LogP contribution is 2.67. The SMILES string of the molecule is C[C@]12CCC(=O)C=C1CC[C@H]1[C@@H]3CCC(=O)[C@@]3(C)C[C@H](O)[C@@]12F. The largest absolute Gasteiger partial charge is 0.390 e. The summed E-state index contributed by atoms with van der Waals surface area (Å²) in [6.07, 6.45) is 4.15. The van der Waals surface area contributed by atoms with E-state index < -0.39 is 22.6 Å². The molecule has 0 aromatic heterocycles. The maximum Gasteiger partial charge on any atom is 0.155 e. The summed E-state index contributed by atoms with van der Waals surface area (Å²) in [6, 6.07) is 0. The summed E-state index contributed by atoms with van der Waals surface area (Å²) in [5.41, 5.74) is -2.18. The van der Waals surface area contributed by atoms with E-state index in [1.54, 1.807) is 6.08 Å². The van der Waals surface area contributed by atoms with Gasteiger partial charge in [-0.15, -0.1) is 0 Å². The van der Waals surface area contributed by atoms with E-state index in [9.17, 15) is 14.7 Å². The zero-order valence-corrected chi connectivity index (χ0v) is 13.9. The third-order valence-electron chi connectivity index (χ3n) is 7.75. The molecular weight excluding hydrogens is 295 g/mol. The number of carbonyl (C=O) groups excluding carboxylic acids is 2. The van der Waals surface area contributed by atoms with Crippen molar-refractivity contribution in [3.63, 3.8) is 0 Å². The lowest BCUT2D eigenvalue weighted by Crippen LogP contribution is -2.67. The summed E-state index contributed by atoms with van der Waals surface area (Å²) in [5, 5.41) is 10.8. The molecule has 4 aliphatic rings. The van der Waals surface area contributed by atoms with E-state index in [1.807, 2.05) is 13.8 Å². The Morgan fingerprint density at radius 3 is 2.57 bits per heavy atom. The summed E-state index contributed by atoms with van der Waals surface area (Å²) in [7, 11) is 0. The number of Topliss-reactive ketones (excluding diaryl/α,β-unsaturated/α-hetero) is 1. The van der Waals surface area contributed by atoms with Crippen LogP contribution in [0.5, 0.6) is 0 Å². The highest BCUT2D eigenvalue weighted by molar-refractivity contribution is 5.92. The Morgan fingerprint density at radius 1 is 1.13 bits per heavy atom. The number of aliphatic hydroxyl groups excluding tert-OH is 1. The lowest BCUT2D eigenvalue weighted by atomic mass is 9.45. The minimum absolute atomic E-state index is 0.0272. The van der Waals surface area contributed by atoms with E-state index in [-0.39, 0.29) is 29.8 Å². The molecule has 4 aliphatic carbocycles. The molecule has 4 heteroatoms. The molecule has 0 aromatic carbocycles. The van der Waals surface area contributed by atoms with Gasteiger partial charge in [0.25, 0.3) is 0 Å². The Morgan fingerprint density at radius 2 is 1.83 bits per heavy atom. The molecule has 3 fully saturated rings. The van der Waals surface area contributed by atoms with Gasteiger partial charge in [0.2, 0.25) is 0 Å². The van der Waals surface area contributed by atoms with E-state index in [0.29, 0.717) is 32.1 Å². The zero-order valence-electron chi connectivity index (χ0n) is 13.9. The van der Waals surface area contributed by atoms with Crippen molar-refractivity contribution in [2.24, 2.45) is 22.7 Å². The lowest BCUT2D eigenvalue weighted by molar-refractivity contribution is -0.202. The first-order valence-corrected chi connectivity index (χ1v) is 8.87. The van der Waals surface area contributed by atoms with Crippen molar-refractivity contribution in [2.75, 3.05) is 0 Å². The molecule has 23 heavy (non-hydrogen) atoms. The summed E-state index contributed by atoms with van der Waals surface area (Å²) in [6.45, 7) is 3.81. The molecule has 0 aromatic rings. The van der Waals surface area contributed by atoms with Crippen LogP contribution >= 0.6 is 0 Å². The smallest absolute Gasteiger partial charge is 0.155 e. The quantitative estimate of drug-likeness (QED) is 0.746. The van der Waals surface area contributed by atoms with Crippen molar-refractivity contribution in [1.29, 1.82) is 0 Å². The summed E-state index contributed by atoms with van der Waals surface area (Å²) < 4.78 is 16.5. The van der Waals surface area contributed by atoms with E-state index in [1.165, 1.54) is 0 Å². The molecule has 3 saturated carbocycles. The number of carbonyl (C=O) groups is 2. The third kappa shape index (κ3) is 1.68. The molecule has 6 atom stereocenters. The molecule has 0 aliphatic heterocycles. The highest BCUT2D eigenvalue weighted by atomic mass is 19.1. The minimum atomic E-state index is -1.72. The van der Waals surface area contributed by atoms with E-state index in [2.05, 4.69) is 0 Å². The number of alkyl halides is 1. The first kappa shape index (κ1) is 15.5. The monoisotopic (exact) mass is 320 g/mol. The first-order valence-electron chi connectivity index (χ1n) is 8.87. The number of allylic oxidation sites excluding steroid dienone is 1. The van der Waals surface area contributed by atoms with Gasteiger partial charge in [-0.3, -0.25) is 9.59 Å². The molecule has 0 heterocycles. The van der Waals surface area contributed by atoms with Gasteiger partial charge in [0.05, 0.1) is 6.10 Å². The molecule has 1 N–H and O–H groups in total. The number of aliphatic hydroxyl groups is 1. The van der Waals surface area contributed by atoms with Crippen LogP contribution in [-0.4, -0.2) is 28.4 Å². The standard InChI is InChI=1S/C19H25FO3/c1-17-10-16(23)19(20)14(13(17)5-6-15(17)22)4-3-11-9-12(21)7-8-18(11,19)2/h9,13-14,16,23H,3-8,10H2,1-2H3/t13-,14-,16-,17-,18-,19-/m0/s1. The average molecular weight is 320 g/mol. The number of rotatable bonds is 0. The molecule has 126 valence electrons. The van der Waals surface area contributed by atoms with Gasteiger partial charge in [0, 0.05) is 29.6 Å². The van der Waals surface area contributed by atoms with Crippen molar-refractivity contribution >= 4 is 11.6 Å². The van der Waals surface area contributed by atoms with Crippen LogP contribution < -0.4 is 0 Å². The molecule has 3 nitrogen and oxygen atoms in total. The lowest BCUT2D eigenvalue weighted by Gasteiger charge is -2.62. The minimum Gasteiger partial charge on any atom is -0.390 e. The van der Waals surface area contributed by atoms with Crippen molar-refractivity contribution < 1.29 is 19.1 Å². The molecule has 0 amide bonds. The van der Waals surface area contributed by atoms with Gasteiger partial charge >= 0.3 is 0 Å². The summed E-state index contributed by atoms with van der Waals surface area (Å²) in [4.78, 5) is 24.1. The average Bonchev–Trinajstić information content (AvgIpc) is 2.77. The topological polar surface area (TPSA) is 54.4 Å². The highest BCUT2D eigenvalue weighted by Gasteiger charge is 2.70. The van der Waals surface area contributed by atoms with Crippen LogP contribution in [0, 0.1) is 22.7 Å². The van der Waals surface area contributed by atoms with Crippen LogP contribution in [0.1, 0.15) is 58.8 Å². The van der Waals surface area contributed by atoms with Gasteiger partial charge in [-0.2, -0.15) is 0 Å². The Hall–Kier alpha value is -1.03. The van der Waals surface area contributed by atoms with Gasteiger partial charge < -0.3 is 5.11 Å². The van der Waals surface area contributed by atoms with Gasteiger partial charge in [0.15, 0.2) is 5.78 Å². The number of halogens is 1. The second-order valence-corrected chi connectivity index (χ2v) is 8.59. The molecule has 4 rings (SSSR count). The van der Waals surface area contributed by atoms with E-state index in [0.717, 1.165) is 12.0 Å². The predicted molar refractivity (Wildman–Crippen MR) is 83.5 cm³/mol. The molecule has 0 unspecified atom stereocenters. The van der Waals surface area contributed by atoms with E-state index >= 15 is 4.39 Å². The Kier molecular flexibility index (Phi) is 3.05. The van der Waals surface area contributed by atoms with Crippen LogP contribution in [-0.2, 0) is 9.59 Å². The van der Waals surface area contributed by atoms with Gasteiger partial charge in [-0.1, -0.05) is 19.4 Å². The summed E-state index contributed by atoms with van der Waals surface area (Å²) in [5.74, 6) is 0.0112. The molecule has 0 radical (unpaired) electrons. The van der Waals surface area contributed by atoms with Crippen LogP contribution in [0.15, 0.2) is 11.6 Å². The Labute approximate surface area is 136 Å². The van der Waals surface area contributed by atoms with Crippen molar-refractivity contribution in [1.82, 2.24) is 0 Å². The van der Waals surface area contributed by atoms with Crippen molar-refractivity contribution in [2.45, 2.75) is 70.6 Å². The zero-order chi connectivity index (χ0) is 16.6. The summed E-state index contributed by atoms with van der Waals surface area (Å²) >= 11 is 0. The maximum absolute atomic E-state index is 16.5. The maximum atomic E-state index is 16.5.